The van der Waals surface area contributed by atoms with Gasteiger partial charge in [-0.25, -0.2) is 8.42 Å². The van der Waals surface area contributed by atoms with Crippen molar-refractivity contribution in [2.24, 2.45) is 0 Å². The molecule has 26 heavy (non-hydrogen) atoms. The fourth-order valence-corrected chi connectivity index (χ4v) is 3.52. The summed E-state index contributed by atoms with van der Waals surface area (Å²) in [5.41, 5.74) is -1.46. The molecule has 2 aromatic carbocycles. The fourth-order valence-electron chi connectivity index (χ4n) is 2.05. The van der Waals surface area contributed by atoms with Gasteiger partial charge in [-0.15, -0.1) is 0 Å². The highest BCUT2D eigenvalue weighted by Crippen LogP contribution is 2.34. The SMILES string of the molecule is C[C@H](NS(=O)(=O)c1ccc(Br)cc1)C(=O)Nc1ccccc1C(F)(F)F. The van der Waals surface area contributed by atoms with Crippen LogP contribution in [0.2, 0.25) is 0 Å². The minimum absolute atomic E-state index is 0.0731. The molecule has 10 heteroatoms. The Morgan fingerprint density at radius 2 is 1.65 bits per heavy atom. The molecule has 0 unspecified atom stereocenters. The second-order valence-corrected chi connectivity index (χ2v) is 7.96. The summed E-state index contributed by atoms with van der Waals surface area (Å²) in [5, 5.41) is 2.11. The molecule has 0 aliphatic heterocycles. The molecule has 2 N–H and O–H groups in total. The Balaban J connectivity index is 2.15. The van der Waals surface area contributed by atoms with E-state index in [1.54, 1.807) is 0 Å². The van der Waals surface area contributed by atoms with E-state index >= 15 is 0 Å². The lowest BCUT2D eigenvalue weighted by atomic mass is 10.1. The summed E-state index contributed by atoms with van der Waals surface area (Å²) < 4.78 is 66.2. The van der Waals surface area contributed by atoms with Crippen LogP contribution in [-0.4, -0.2) is 20.4 Å². The maximum absolute atomic E-state index is 13.0. The maximum atomic E-state index is 13.0. The highest BCUT2D eigenvalue weighted by atomic mass is 79.9. The molecule has 0 aliphatic rings. The summed E-state index contributed by atoms with van der Waals surface area (Å²) in [6.07, 6.45) is -4.65. The van der Waals surface area contributed by atoms with Crippen LogP contribution in [0.25, 0.3) is 0 Å². The molecule has 1 atom stereocenters. The molecule has 140 valence electrons. The Labute approximate surface area is 156 Å². The molecule has 0 fully saturated rings. The normalized spacial score (nSPS) is 13.3. The van der Waals surface area contributed by atoms with E-state index in [0.717, 1.165) is 12.1 Å². The van der Waals surface area contributed by atoms with Gasteiger partial charge in [-0.1, -0.05) is 28.1 Å². The van der Waals surface area contributed by atoms with E-state index in [1.807, 2.05) is 0 Å². The molecular formula is C16H14BrF3N2O3S. The number of nitrogens with one attached hydrogen (secondary N) is 2. The number of carbonyl (C=O) groups excluding carboxylic acids is 1. The Kier molecular flexibility index (Phi) is 6.09. The number of benzene rings is 2. The lowest BCUT2D eigenvalue weighted by Crippen LogP contribution is -2.41. The van der Waals surface area contributed by atoms with E-state index in [4.69, 9.17) is 0 Å². The minimum atomic E-state index is -4.65. The first-order valence-corrected chi connectivity index (χ1v) is 9.53. The Morgan fingerprint density at radius 1 is 1.08 bits per heavy atom. The van der Waals surface area contributed by atoms with Crippen LogP contribution in [0.1, 0.15) is 12.5 Å². The van der Waals surface area contributed by atoms with Crippen LogP contribution < -0.4 is 10.0 Å². The number of amides is 1. The Hall–Kier alpha value is -1.91. The molecule has 0 saturated carbocycles. The Bertz CT molecular complexity index is 900. The van der Waals surface area contributed by atoms with E-state index in [1.165, 1.54) is 43.3 Å². The molecule has 0 spiro atoms. The van der Waals surface area contributed by atoms with E-state index in [-0.39, 0.29) is 4.90 Å². The predicted molar refractivity (Wildman–Crippen MR) is 94.0 cm³/mol. The number of anilines is 1. The van der Waals surface area contributed by atoms with Gasteiger partial charge in [0.15, 0.2) is 0 Å². The molecule has 1 amide bonds. The van der Waals surface area contributed by atoms with Crippen molar-refractivity contribution in [1.29, 1.82) is 0 Å². The standard InChI is InChI=1S/C16H14BrF3N2O3S/c1-10(22-26(24,25)12-8-6-11(17)7-9-12)15(23)21-14-5-3-2-4-13(14)16(18,19)20/h2-10,22H,1H3,(H,21,23)/t10-/m0/s1. The van der Waals surface area contributed by atoms with Gasteiger partial charge in [-0.05, 0) is 43.3 Å². The summed E-state index contributed by atoms with van der Waals surface area (Å²) in [6.45, 7) is 1.24. The lowest BCUT2D eigenvalue weighted by molar-refractivity contribution is -0.137. The number of alkyl halides is 3. The summed E-state index contributed by atoms with van der Waals surface area (Å²) >= 11 is 3.17. The van der Waals surface area contributed by atoms with E-state index in [2.05, 4.69) is 26.0 Å². The number of hydrogen-bond donors (Lipinski definition) is 2. The second kappa shape index (κ2) is 7.77. The van der Waals surface area contributed by atoms with Gasteiger partial charge in [-0.2, -0.15) is 17.9 Å². The number of carbonyl (C=O) groups is 1. The first-order valence-electron chi connectivity index (χ1n) is 7.26. The molecule has 0 aromatic heterocycles. The van der Waals surface area contributed by atoms with Crippen LogP contribution in [0.4, 0.5) is 18.9 Å². The largest absolute Gasteiger partial charge is 0.418 e. The van der Waals surface area contributed by atoms with Crippen molar-refractivity contribution in [2.45, 2.75) is 24.0 Å². The molecule has 5 nitrogen and oxygen atoms in total. The third-order valence-corrected chi connectivity index (χ3v) is 5.42. The number of sulfonamides is 1. The van der Waals surface area contributed by atoms with Crippen LogP contribution in [0.3, 0.4) is 0 Å². The molecule has 0 aliphatic carbocycles. The van der Waals surface area contributed by atoms with Crippen LogP contribution in [0.5, 0.6) is 0 Å². The fraction of sp³-hybridized carbons (Fsp3) is 0.188. The average Bonchev–Trinajstić information content (AvgIpc) is 2.54. The van der Waals surface area contributed by atoms with Gasteiger partial charge in [0.25, 0.3) is 0 Å². The van der Waals surface area contributed by atoms with Gasteiger partial charge in [0.2, 0.25) is 15.9 Å². The monoisotopic (exact) mass is 450 g/mol. The summed E-state index contributed by atoms with van der Waals surface area (Å²) in [4.78, 5) is 12.1. The third kappa shape index (κ3) is 5.05. The van der Waals surface area contributed by atoms with Crippen LogP contribution in [0, 0.1) is 0 Å². The second-order valence-electron chi connectivity index (χ2n) is 5.33. The lowest BCUT2D eigenvalue weighted by Gasteiger charge is -2.17. The van der Waals surface area contributed by atoms with Crippen molar-refractivity contribution in [3.8, 4) is 0 Å². The number of hydrogen-bond acceptors (Lipinski definition) is 3. The third-order valence-electron chi connectivity index (χ3n) is 3.34. The molecular weight excluding hydrogens is 437 g/mol. The summed E-state index contributed by atoms with van der Waals surface area (Å²) in [5.74, 6) is -0.914. The average molecular weight is 451 g/mol. The molecule has 0 saturated heterocycles. The zero-order valence-electron chi connectivity index (χ0n) is 13.3. The van der Waals surface area contributed by atoms with E-state index < -0.39 is 39.4 Å². The molecule has 0 bridgehead atoms. The van der Waals surface area contributed by atoms with Crippen molar-refractivity contribution in [1.82, 2.24) is 4.72 Å². The van der Waals surface area contributed by atoms with E-state index in [9.17, 15) is 26.4 Å². The highest BCUT2D eigenvalue weighted by molar-refractivity contribution is 9.10. The maximum Gasteiger partial charge on any atom is 0.418 e. The zero-order chi connectivity index (χ0) is 19.5. The summed E-state index contributed by atoms with van der Waals surface area (Å²) in [7, 11) is -4.01. The first-order chi connectivity index (χ1) is 12.0. The van der Waals surface area contributed by atoms with Gasteiger partial charge in [0, 0.05) is 4.47 Å². The Morgan fingerprint density at radius 3 is 2.23 bits per heavy atom. The topological polar surface area (TPSA) is 75.3 Å². The van der Waals surface area contributed by atoms with Crippen LogP contribution in [-0.2, 0) is 21.0 Å². The van der Waals surface area contributed by atoms with Gasteiger partial charge < -0.3 is 5.32 Å². The first kappa shape index (κ1) is 20.4. The van der Waals surface area contributed by atoms with Gasteiger partial charge in [-0.3, -0.25) is 4.79 Å². The van der Waals surface area contributed by atoms with Gasteiger partial charge in [0.1, 0.15) is 0 Å². The zero-order valence-corrected chi connectivity index (χ0v) is 15.7. The number of rotatable bonds is 5. The number of halogens is 4. The highest BCUT2D eigenvalue weighted by Gasteiger charge is 2.34. The van der Waals surface area contributed by atoms with E-state index in [0.29, 0.717) is 4.47 Å². The van der Waals surface area contributed by atoms with Crippen molar-refractivity contribution in [2.75, 3.05) is 5.32 Å². The van der Waals surface area contributed by atoms with Crippen molar-refractivity contribution in [3.63, 3.8) is 0 Å². The minimum Gasteiger partial charge on any atom is -0.324 e. The van der Waals surface area contributed by atoms with Gasteiger partial charge >= 0.3 is 6.18 Å². The van der Waals surface area contributed by atoms with Crippen LogP contribution >= 0.6 is 15.9 Å². The van der Waals surface area contributed by atoms with Crippen LogP contribution in [0.15, 0.2) is 57.9 Å². The summed E-state index contributed by atoms with van der Waals surface area (Å²) in [6, 6.07) is 8.84. The molecule has 0 radical (unpaired) electrons. The molecule has 0 heterocycles. The molecule has 2 rings (SSSR count). The van der Waals surface area contributed by atoms with Crippen molar-refractivity contribution >= 4 is 37.5 Å². The van der Waals surface area contributed by atoms with Crippen molar-refractivity contribution in [3.05, 3.63) is 58.6 Å². The van der Waals surface area contributed by atoms with Gasteiger partial charge in [0.05, 0.1) is 22.2 Å². The predicted octanol–water partition coefficient (Wildman–Crippen LogP) is 3.77. The number of para-hydroxylation sites is 1. The molecule has 2 aromatic rings. The van der Waals surface area contributed by atoms with Crippen molar-refractivity contribution < 1.29 is 26.4 Å². The smallest absolute Gasteiger partial charge is 0.324 e. The quantitative estimate of drug-likeness (QED) is 0.727.